The predicted octanol–water partition coefficient (Wildman–Crippen LogP) is 3.07. The average Bonchev–Trinajstić information content (AvgIpc) is 3.69. The molecule has 4 aliphatic rings. The van der Waals surface area contributed by atoms with Crippen molar-refractivity contribution in [2.24, 2.45) is 0 Å². The van der Waals surface area contributed by atoms with Crippen LogP contribution in [0.5, 0.6) is 6.01 Å². The van der Waals surface area contributed by atoms with Gasteiger partial charge in [0.2, 0.25) is 5.91 Å². The van der Waals surface area contributed by atoms with Gasteiger partial charge in [-0.3, -0.25) is 9.69 Å². The first-order chi connectivity index (χ1) is 19.1. The fourth-order valence-corrected chi connectivity index (χ4v) is 6.80. The topological polar surface area (TPSA) is 88.8 Å². The van der Waals surface area contributed by atoms with Gasteiger partial charge in [0.1, 0.15) is 12.4 Å². The van der Waals surface area contributed by atoms with E-state index in [0.29, 0.717) is 44.3 Å². The van der Waals surface area contributed by atoms with E-state index in [2.05, 4.69) is 58.7 Å². The summed E-state index contributed by atoms with van der Waals surface area (Å²) in [5, 5.41) is 9.49. The predicted molar refractivity (Wildman–Crippen MR) is 148 cm³/mol. The van der Waals surface area contributed by atoms with Crippen molar-refractivity contribution in [3.05, 3.63) is 59.3 Å². The molecule has 39 heavy (non-hydrogen) atoms. The van der Waals surface area contributed by atoms with Crippen LogP contribution in [0.2, 0.25) is 0 Å². The molecule has 0 bridgehead atoms. The standard InChI is InChI=1S/C30H37N7O2/c1-3-28(38)37-16-15-35(17-22(37)12-13-31)29-25-18-36(27-11-10-21-7-4-5-9-24(21)27)19-26(25)32-30(33-29)39-20-23-8-6-14-34(23)2/h3-5,7,9,22-23,27H,1,6,8,10-12,14-20H2,2H3/t22-,23-,27?/m0/s1. The molecule has 1 amide bonds. The zero-order valence-corrected chi connectivity index (χ0v) is 22.8. The Hall–Kier alpha value is -3.48. The molecule has 1 aromatic heterocycles. The molecular weight excluding hydrogens is 490 g/mol. The summed E-state index contributed by atoms with van der Waals surface area (Å²) in [4.78, 5) is 31.3. The Bertz CT molecular complexity index is 1290. The third kappa shape index (κ3) is 4.99. The summed E-state index contributed by atoms with van der Waals surface area (Å²) in [5.74, 6) is 0.760. The van der Waals surface area contributed by atoms with Crippen molar-refractivity contribution in [1.29, 1.82) is 5.26 Å². The van der Waals surface area contributed by atoms with Gasteiger partial charge in [0, 0.05) is 50.4 Å². The van der Waals surface area contributed by atoms with Crippen molar-refractivity contribution in [3.8, 4) is 12.1 Å². The van der Waals surface area contributed by atoms with Crippen LogP contribution in [0.4, 0.5) is 5.82 Å². The van der Waals surface area contributed by atoms with E-state index in [1.807, 2.05) is 0 Å². The molecule has 0 radical (unpaired) electrons. The first-order valence-corrected chi connectivity index (χ1v) is 14.1. The summed E-state index contributed by atoms with van der Waals surface area (Å²) >= 11 is 0. The van der Waals surface area contributed by atoms with E-state index in [1.165, 1.54) is 23.6 Å². The van der Waals surface area contributed by atoms with Crippen molar-refractivity contribution in [2.75, 3.05) is 44.7 Å². The summed E-state index contributed by atoms with van der Waals surface area (Å²) in [6.45, 7) is 8.59. The Morgan fingerprint density at radius 2 is 2.05 bits per heavy atom. The van der Waals surface area contributed by atoms with E-state index in [1.54, 1.807) is 4.90 Å². The smallest absolute Gasteiger partial charge is 0.318 e. The quantitative estimate of drug-likeness (QED) is 0.508. The Morgan fingerprint density at radius 3 is 2.85 bits per heavy atom. The summed E-state index contributed by atoms with van der Waals surface area (Å²) in [6.07, 6.45) is 6.13. The van der Waals surface area contributed by atoms with Crippen molar-refractivity contribution in [1.82, 2.24) is 24.7 Å². The second-order valence-electron chi connectivity index (χ2n) is 11.2. The highest BCUT2D eigenvalue weighted by atomic mass is 16.5. The number of nitriles is 1. The highest BCUT2D eigenvalue weighted by Crippen LogP contribution is 2.42. The van der Waals surface area contributed by atoms with Crippen LogP contribution < -0.4 is 9.64 Å². The molecule has 3 atom stereocenters. The van der Waals surface area contributed by atoms with E-state index in [0.717, 1.165) is 56.0 Å². The number of amides is 1. The number of anilines is 1. The van der Waals surface area contributed by atoms with Crippen molar-refractivity contribution < 1.29 is 9.53 Å². The largest absolute Gasteiger partial charge is 0.462 e. The van der Waals surface area contributed by atoms with Gasteiger partial charge in [-0.15, -0.1) is 0 Å². The van der Waals surface area contributed by atoms with Crippen LogP contribution in [0, 0.1) is 11.3 Å². The first kappa shape index (κ1) is 25.8. The average molecular weight is 528 g/mol. The van der Waals surface area contributed by atoms with E-state index >= 15 is 0 Å². The number of aryl methyl sites for hydroxylation is 1. The minimum Gasteiger partial charge on any atom is -0.462 e. The molecule has 1 aromatic carbocycles. The molecule has 0 spiro atoms. The Kier molecular flexibility index (Phi) is 7.24. The summed E-state index contributed by atoms with van der Waals surface area (Å²) in [7, 11) is 2.15. The molecule has 204 valence electrons. The maximum absolute atomic E-state index is 12.5. The van der Waals surface area contributed by atoms with Crippen LogP contribution in [0.1, 0.15) is 54.1 Å². The Balaban J connectivity index is 1.29. The Labute approximate surface area is 230 Å². The van der Waals surface area contributed by atoms with E-state index in [4.69, 9.17) is 14.7 Å². The molecule has 9 heteroatoms. The van der Waals surface area contributed by atoms with Gasteiger partial charge in [0.15, 0.2) is 0 Å². The summed E-state index contributed by atoms with van der Waals surface area (Å²) in [6, 6.07) is 12.0. The maximum Gasteiger partial charge on any atom is 0.318 e. The van der Waals surface area contributed by atoms with Crippen LogP contribution >= 0.6 is 0 Å². The lowest BCUT2D eigenvalue weighted by Crippen LogP contribution is -2.55. The molecule has 4 heterocycles. The lowest BCUT2D eigenvalue weighted by Gasteiger charge is -2.41. The molecule has 0 N–H and O–H groups in total. The molecule has 1 aliphatic carbocycles. The van der Waals surface area contributed by atoms with E-state index in [-0.39, 0.29) is 18.4 Å². The van der Waals surface area contributed by atoms with E-state index in [9.17, 15) is 10.1 Å². The van der Waals surface area contributed by atoms with Gasteiger partial charge in [-0.05, 0) is 56.5 Å². The molecule has 2 saturated heterocycles. The molecule has 9 nitrogen and oxygen atoms in total. The number of carbonyl (C=O) groups excluding carboxylic acids is 1. The molecule has 1 unspecified atom stereocenters. The molecule has 6 rings (SSSR count). The summed E-state index contributed by atoms with van der Waals surface area (Å²) in [5.41, 5.74) is 5.03. The number of hydrogen-bond donors (Lipinski definition) is 0. The lowest BCUT2D eigenvalue weighted by atomic mass is 10.1. The third-order valence-corrected chi connectivity index (χ3v) is 8.95. The first-order valence-electron chi connectivity index (χ1n) is 14.1. The minimum atomic E-state index is -0.212. The van der Waals surface area contributed by atoms with Gasteiger partial charge in [-0.2, -0.15) is 15.2 Å². The molecular formula is C30H37N7O2. The van der Waals surface area contributed by atoms with Gasteiger partial charge in [0.05, 0.1) is 24.2 Å². The fourth-order valence-electron chi connectivity index (χ4n) is 6.80. The number of carbonyl (C=O) groups is 1. The highest BCUT2D eigenvalue weighted by molar-refractivity contribution is 5.87. The summed E-state index contributed by atoms with van der Waals surface area (Å²) < 4.78 is 6.25. The van der Waals surface area contributed by atoms with Crippen molar-refractivity contribution in [2.45, 2.75) is 63.3 Å². The number of likely N-dealkylation sites (N-methyl/N-ethyl adjacent to an activating group) is 1. The number of ether oxygens (including phenoxy) is 1. The van der Waals surface area contributed by atoms with Crippen LogP contribution in [-0.2, 0) is 24.3 Å². The molecule has 2 aromatic rings. The SMILES string of the molecule is C=CC(=O)N1CCN(c2nc(OC[C@@H]3CCCN3C)nc3c2CN(C2CCc4ccccc42)C3)C[C@@H]1CC#N. The zero-order chi connectivity index (χ0) is 26.9. The second-order valence-corrected chi connectivity index (χ2v) is 11.2. The van der Waals surface area contributed by atoms with Gasteiger partial charge in [-0.1, -0.05) is 30.8 Å². The number of hydrogen-bond acceptors (Lipinski definition) is 8. The van der Waals surface area contributed by atoms with Crippen LogP contribution in [-0.4, -0.2) is 82.5 Å². The maximum atomic E-state index is 12.5. The number of benzene rings is 1. The second kappa shape index (κ2) is 10.9. The number of rotatable bonds is 7. The van der Waals surface area contributed by atoms with Crippen LogP contribution in [0.25, 0.3) is 0 Å². The van der Waals surface area contributed by atoms with Gasteiger partial charge < -0.3 is 19.4 Å². The number of nitrogens with zero attached hydrogens (tertiary/aromatic N) is 7. The molecule has 0 saturated carbocycles. The van der Waals surface area contributed by atoms with Crippen molar-refractivity contribution in [3.63, 3.8) is 0 Å². The minimum absolute atomic E-state index is 0.126. The molecule has 2 fully saturated rings. The van der Waals surface area contributed by atoms with Crippen molar-refractivity contribution >= 4 is 11.7 Å². The highest BCUT2D eigenvalue weighted by Gasteiger charge is 2.37. The number of likely N-dealkylation sites (tertiary alicyclic amines) is 1. The Morgan fingerprint density at radius 1 is 1.18 bits per heavy atom. The number of fused-ring (bicyclic) bond motifs is 2. The normalized spacial score (nSPS) is 24.9. The van der Waals surface area contributed by atoms with Crippen LogP contribution in [0.3, 0.4) is 0 Å². The monoisotopic (exact) mass is 527 g/mol. The number of piperazine rings is 1. The zero-order valence-electron chi connectivity index (χ0n) is 22.8. The third-order valence-electron chi connectivity index (χ3n) is 8.95. The number of aromatic nitrogens is 2. The lowest BCUT2D eigenvalue weighted by molar-refractivity contribution is -0.128. The van der Waals surface area contributed by atoms with Gasteiger partial charge in [0.25, 0.3) is 0 Å². The van der Waals surface area contributed by atoms with E-state index < -0.39 is 0 Å². The fraction of sp³-hybridized carbons (Fsp3) is 0.533. The van der Waals surface area contributed by atoms with Gasteiger partial charge in [-0.25, -0.2) is 0 Å². The molecule has 3 aliphatic heterocycles. The van der Waals surface area contributed by atoms with Gasteiger partial charge >= 0.3 is 6.01 Å². The van der Waals surface area contributed by atoms with Crippen LogP contribution in [0.15, 0.2) is 36.9 Å².